The third-order valence-electron chi connectivity index (χ3n) is 3.22. The fourth-order valence-electron chi connectivity index (χ4n) is 1.84. The highest BCUT2D eigenvalue weighted by molar-refractivity contribution is 4.70. The molecule has 0 aliphatic carbocycles. The third kappa shape index (κ3) is 9.35. The van der Waals surface area contributed by atoms with Gasteiger partial charge < -0.3 is 19.3 Å². The summed E-state index contributed by atoms with van der Waals surface area (Å²) < 4.78 is 15.6. The van der Waals surface area contributed by atoms with E-state index in [0.717, 1.165) is 13.0 Å². The molecule has 5 heteroatoms. The molecular formula is C14H31NO4. The average molecular weight is 277 g/mol. The van der Waals surface area contributed by atoms with Crippen molar-refractivity contribution in [1.29, 1.82) is 0 Å². The number of aliphatic hydroxyl groups excluding tert-OH is 1. The number of hydrogen-bond donors (Lipinski definition) is 1. The minimum atomic E-state index is -0.481. The smallest absolute Gasteiger partial charge is 0.0900 e. The number of hydrogen-bond acceptors (Lipinski definition) is 5. The number of rotatable bonds is 12. The lowest BCUT2D eigenvalue weighted by Crippen LogP contribution is -2.42. The lowest BCUT2D eigenvalue weighted by molar-refractivity contribution is -0.0439. The van der Waals surface area contributed by atoms with Crippen molar-refractivity contribution in [2.45, 2.75) is 45.4 Å². The van der Waals surface area contributed by atoms with Gasteiger partial charge in [0.25, 0.3) is 0 Å². The van der Waals surface area contributed by atoms with Crippen molar-refractivity contribution < 1.29 is 19.3 Å². The minimum absolute atomic E-state index is 0.00988. The molecule has 3 atom stereocenters. The Labute approximate surface area is 117 Å². The predicted molar refractivity (Wildman–Crippen MR) is 76.5 cm³/mol. The molecule has 0 radical (unpaired) electrons. The first-order valence-electron chi connectivity index (χ1n) is 7.06. The molecule has 0 aliphatic rings. The minimum Gasteiger partial charge on any atom is -0.389 e. The second-order valence-corrected chi connectivity index (χ2v) is 5.00. The van der Waals surface area contributed by atoms with Crippen LogP contribution in [0.15, 0.2) is 0 Å². The third-order valence-corrected chi connectivity index (χ3v) is 3.22. The van der Waals surface area contributed by atoms with Crippen molar-refractivity contribution in [3.63, 3.8) is 0 Å². The summed E-state index contributed by atoms with van der Waals surface area (Å²) in [4.78, 5) is 2.23. The van der Waals surface area contributed by atoms with Gasteiger partial charge in [0.15, 0.2) is 0 Å². The summed E-state index contributed by atoms with van der Waals surface area (Å²) in [5, 5.41) is 10.0. The molecule has 0 fully saturated rings. The van der Waals surface area contributed by atoms with Crippen LogP contribution in [0.3, 0.4) is 0 Å². The van der Waals surface area contributed by atoms with Crippen molar-refractivity contribution in [2.24, 2.45) is 0 Å². The Hall–Kier alpha value is -0.200. The van der Waals surface area contributed by atoms with Gasteiger partial charge in [-0.1, -0.05) is 6.92 Å². The molecule has 0 bridgehead atoms. The van der Waals surface area contributed by atoms with Crippen molar-refractivity contribution in [3.8, 4) is 0 Å². The number of nitrogens with zero attached hydrogens (tertiary/aromatic N) is 1. The van der Waals surface area contributed by atoms with Gasteiger partial charge in [0, 0.05) is 33.4 Å². The van der Waals surface area contributed by atoms with Crippen LogP contribution in [-0.4, -0.2) is 75.4 Å². The van der Waals surface area contributed by atoms with E-state index < -0.39 is 6.10 Å². The largest absolute Gasteiger partial charge is 0.389 e. The molecule has 0 amide bonds. The van der Waals surface area contributed by atoms with Gasteiger partial charge in [-0.2, -0.15) is 0 Å². The van der Waals surface area contributed by atoms with E-state index in [9.17, 15) is 5.11 Å². The van der Waals surface area contributed by atoms with Gasteiger partial charge >= 0.3 is 0 Å². The van der Waals surface area contributed by atoms with E-state index in [1.165, 1.54) is 0 Å². The first-order chi connectivity index (χ1) is 9.04. The number of ether oxygens (including phenoxy) is 3. The van der Waals surface area contributed by atoms with E-state index >= 15 is 0 Å². The second-order valence-electron chi connectivity index (χ2n) is 5.00. The molecule has 0 aromatic carbocycles. The van der Waals surface area contributed by atoms with Crippen LogP contribution in [0.5, 0.6) is 0 Å². The summed E-state index contributed by atoms with van der Waals surface area (Å²) >= 11 is 0. The highest BCUT2D eigenvalue weighted by Gasteiger charge is 2.17. The van der Waals surface area contributed by atoms with E-state index in [4.69, 9.17) is 14.2 Å². The monoisotopic (exact) mass is 277 g/mol. The number of methoxy groups -OCH3 is 2. The molecule has 0 aromatic rings. The molecule has 116 valence electrons. The Morgan fingerprint density at radius 3 is 2.32 bits per heavy atom. The van der Waals surface area contributed by atoms with E-state index in [1.54, 1.807) is 14.2 Å². The SMILES string of the molecule is CCC(C)N(CCOC)CC(O)COC(C)COC. The zero-order valence-electron chi connectivity index (χ0n) is 13.1. The van der Waals surface area contributed by atoms with Crippen molar-refractivity contribution >= 4 is 0 Å². The Morgan fingerprint density at radius 1 is 1.11 bits per heavy atom. The van der Waals surface area contributed by atoms with E-state index in [2.05, 4.69) is 18.7 Å². The number of aliphatic hydroxyl groups is 1. The van der Waals surface area contributed by atoms with Gasteiger partial charge in [-0.3, -0.25) is 4.90 Å². The maximum absolute atomic E-state index is 10.0. The van der Waals surface area contributed by atoms with Crippen molar-refractivity contribution in [3.05, 3.63) is 0 Å². The van der Waals surface area contributed by atoms with Crippen molar-refractivity contribution in [2.75, 3.05) is 47.1 Å². The van der Waals surface area contributed by atoms with Gasteiger partial charge in [0.05, 0.1) is 32.0 Å². The van der Waals surface area contributed by atoms with Crippen LogP contribution in [0.1, 0.15) is 27.2 Å². The van der Waals surface area contributed by atoms with Gasteiger partial charge in [-0.15, -0.1) is 0 Å². The lowest BCUT2D eigenvalue weighted by atomic mass is 10.2. The van der Waals surface area contributed by atoms with Crippen LogP contribution in [0.25, 0.3) is 0 Å². The first-order valence-corrected chi connectivity index (χ1v) is 7.06. The summed E-state index contributed by atoms with van der Waals surface area (Å²) in [6, 6.07) is 0.432. The molecule has 19 heavy (non-hydrogen) atoms. The van der Waals surface area contributed by atoms with E-state index in [1.807, 2.05) is 6.92 Å². The van der Waals surface area contributed by atoms with Gasteiger partial charge in [-0.05, 0) is 20.3 Å². The summed E-state index contributed by atoms with van der Waals surface area (Å²) in [6.45, 7) is 9.25. The molecule has 0 saturated heterocycles. The molecule has 3 unspecified atom stereocenters. The van der Waals surface area contributed by atoms with E-state index in [0.29, 0.717) is 32.4 Å². The Kier molecular flexibility index (Phi) is 11.5. The zero-order valence-corrected chi connectivity index (χ0v) is 13.1. The highest BCUT2D eigenvalue weighted by Crippen LogP contribution is 2.05. The fraction of sp³-hybridized carbons (Fsp3) is 1.00. The van der Waals surface area contributed by atoms with Crippen LogP contribution in [-0.2, 0) is 14.2 Å². The van der Waals surface area contributed by atoms with Gasteiger partial charge in [-0.25, -0.2) is 0 Å². The molecule has 5 nitrogen and oxygen atoms in total. The molecule has 0 spiro atoms. The highest BCUT2D eigenvalue weighted by atomic mass is 16.5. The van der Waals surface area contributed by atoms with Gasteiger partial charge in [0.1, 0.15) is 0 Å². The fourth-order valence-corrected chi connectivity index (χ4v) is 1.84. The summed E-state index contributed by atoms with van der Waals surface area (Å²) in [6.07, 6.45) is 0.581. The Balaban J connectivity index is 4.03. The Morgan fingerprint density at radius 2 is 1.79 bits per heavy atom. The van der Waals surface area contributed by atoms with Crippen LogP contribution in [0, 0.1) is 0 Å². The quantitative estimate of drug-likeness (QED) is 0.580. The van der Waals surface area contributed by atoms with Crippen LogP contribution < -0.4 is 0 Å². The standard InChI is InChI=1S/C14H31NO4/c1-6-12(2)15(7-8-17-4)9-14(16)11-19-13(3)10-18-5/h12-14,16H,6-11H2,1-5H3. The molecule has 0 aromatic heterocycles. The second kappa shape index (κ2) is 11.6. The first kappa shape index (κ1) is 18.8. The predicted octanol–water partition coefficient (Wildman–Crippen LogP) is 1.15. The van der Waals surface area contributed by atoms with Crippen LogP contribution >= 0.6 is 0 Å². The molecule has 0 saturated carbocycles. The molecule has 0 rings (SSSR count). The normalized spacial score (nSPS) is 16.6. The average Bonchev–Trinajstić information content (AvgIpc) is 2.40. The molecule has 0 heterocycles. The van der Waals surface area contributed by atoms with Gasteiger partial charge in [0.2, 0.25) is 0 Å². The lowest BCUT2D eigenvalue weighted by Gasteiger charge is -2.30. The summed E-state index contributed by atoms with van der Waals surface area (Å²) in [5.74, 6) is 0. The Bertz CT molecular complexity index is 204. The maximum atomic E-state index is 10.0. The summed E-state index contributed by atoms with van der Waals surface area (Å²) in [5.41, 5.74) is 0. The van der Waals surface area contributed by atoms with E-state index in [-0.39, 0.29) is 6.10 Å². The summed E-state index contributed by atoms with van der Waals surface area (Å²) in [7, 11) is 3.34. The molecular weight excluding hydrogens is 246 g/mol. The zero-order chi connectivity index (χ0) is 14.7. The van der Waals surface area contributed by atoms with Crippen LogP contribution in [0.4, 0.5) is 0 Å². The van der Waals surface area contributed by atoms with Crippen LogP contribution in [0.2, 0.25) is 0 Å². The topological polar surface area (TPSA) is 51.2 Å². The van der Waals surface area contributed by atoms with Crippen molar-refractivity contribution in [1.82, 2.24) is 4.90 Å². The maximum Gasteiger partial charge on any atom is 0.0900 e. The molecule has 1 N–H and O–H groups in total. The molecule has 0 aliphatic heterocycles.